The van der Waals surface area contributed by atoms with Crippen molar-refractivity contribution in [1.82, 2.24) is 10.3 Å². The summed E-state index contributed by atoms with van der Waals surface area (Å²) in [5.41, 5.74) is 2.33. The molecule has 0 fully saturated rings. The minimum Gasteiger partial charge on any atom is -0.495 e. The van der Waals surface area contributed by atoms with E-state index in [4.69, 9.17) is 16.3 Å². The van der Waals surface area contributed by atoms with Gasteiger partial charge in [-0.1, -0.05) is 48.0 Å². The molecule has 0 bridgehead atoms. The molecule has 1 amide bonds. The smallest absolute Gasteiger partial charge is 0.246 e. The van der Waals surface area contributed by atoms with E-state index in [0.717, 1.165) is 11.3 Å². The number of benzene rings is 2. The average Bonchev–Trinajstić information content (AvgIpc) is 2.70. The lowest BCUT2D eigenvalue weighted by Crippen LogP contribution is -2.33. The molecule has 0 radical (unpaired) electrons. The summed E-state index contributed by atoms with van der Waals surface area (Å²) in [6.07, 6.45) is 1.73. The van der Waals surface area contributed by atoms with Crippen molar-refractivity contribution in [2.75, 3.05) is 12.4 Å². The molecule has 1 heterocycles. The lowest BCUT2D eigenvalue weighted by Gasteiger charge is -2.19. The molecule has 138 valence electrons. The Bertz CT molecular complexity index is 888. The highest BCUT2D eigenvalue weighted by Gasteiger charge is 2.20. The van der Waals surface area contributed by atoms with Gasteiger partial charge in [-0.05, 0) is 35.9 Å². The topological polar surface area (TPSA) is 63.2 Å². The minimum atomic E-state index is -0.533. The monoisotopic (exact) mass is 381 g/mol. The molecule has 0 spiro atoms. The summed E-state index contributed by atoms with van der Waals surface area (Å²) in [6, 6.07) is 19.8. The molecule has 5 nitrogen and oxygen atoms in total. The summed E-state index contributed by atoms with van der Waals surface area (Å²) in [7, 11) is 1.55. The van der Waals surface area contributed by atoms with Crippen molar-refractivity contribution in [2.24, 2.45) is 0 Å². The van der Waals surface area contributed by atoms with Crippen molar-refractivity contribution < 1.29 is 9.53 Å². The van der Waals surface area contributed by atoms with Gasteiger partial charge < -0.3 is 10.1 Å². The second-order valence-corrected chi connectivity index (χ2v) is 6.29. The molecule has 0 aliphatic carbocycles. The predicted octanol–water partition coefficient (Wildman–Crippen LogP) is 4.21. The zero-order chi connectivity index (χ0) is 19.1. The predicted molar refractivity (Wildman–Crippen MR) is 107 cm³/mol. The number of amides is 1. The molecule has 0 aliphatic heterocycles. The van der Waals surface area contributed by atoms with Crippen LogP contribution in [0, 0.1) is 0 Å². The Hall–Kier alpha value is -2.89. The van der Waals surface area contributed by atoms with Gasteiger partial charge in [0.05, 0.1) is 17.8 Å². The van der Waals surface area contributed by atoms with Crippen LogP contribution in [0.2, 0.25) is 5.02 Å². The Morgan fingerprint density at radius 3 is 2.56 bits per heavy atom. The Morgan fingerprint density at radius 2 is 1.89 bits per heavy atom. The summed E-state index contributed by atoms with van der Waals surface area (Å²) in [6.45, 7) is 0.469. The zero-order valence-electron chi connectivity index (χ0n) is 14.9. The number of nitrogens with zero attached hydrogens (tertiary/aromatic N) is 1. The summed E-state index contributed by atoms with van der Waals surface area (Å²) in [5, 5.41) is 6.62. The third-order valence-electron chi connectivity index (χ3n) is 4.03. The van der Waals surface area contributed by atoms with Crippen molar-refractivity contribution in [3.63, 3.8) is 0 Å². The van der Waals surface area contributed by atoms with Gasteiger partial charge in [0.15, 0.2) is 0 Å². The van der Waals surface area contributed by atoms with Crippen LogP contribution in [-0.2, 0) is 11.3 Å². The number of ether oxygens (including phenoxy) is 1. The highest BCUT2D eigenvalue weighted by Crippen LogP contribution is 2.27. The van der Waals surface area contributed by atoms with Gasteiger partial charge in [-0.2, -0.15) is 0 Å². The summed E-state index contributed by atoms with van der Waals surface area (Å²) in [4.78, 5) is 17.2. The third kappa shape index (κ3) is 5.06. The molecule has 3 aromatic rings. The van der Waals surface area contributed by atoms with Gasteiger partial charge in [0.2, 0.25) is 5.91 Å². The van der Waals surface area contributed by atoms with E-state index < -0.39 is 6.04 Å². The van der Waals surface area contributed by atoms with Crippen LogP contribution in [0.1, 0.15) is 17.3 Å². The van der Waals surface area contributed by atoms with Gasteiger partial charge in [0.1, 0.15) is 11.8 Å². The average molecular weight is 382 g/mol. The molecule has 2 N–H and O–H groups in total. The number of nitrogens with one attached hydrogen (secondary N) is 2. The van der Waals surface area contributed by atoms with E-state index in [1.807, 2.05) is 48.5 Å². The number of anilines is 1. The van der Waals surface area contributed by atoms with E-state index in [2.05, 4.69) is 15.6 Å². The van der Waals surface area contributed by atoms with E-state index in [1.54, 1.807) is 31.5 Å². The van der Waals surface area contributed by atoms with E-state index in [1.165, 1.54) is 0 Å². The molecule has 6 heteroatoms. The number of carbonyl (C=O) groups is 1. The molecule has 0 saturated carbocycles. The number of pyridine rings is 1. The van der Waals surface area contributed by atoms with Crippen LogP contribution in [0.3, 0.4) is 0 Å². The Balaban J connectivity index is 1.77. The largest absolute Gasteiger partial charge is 0.495 e. The van der Waals surface area contributed by atoms with Gasteiger partial charge in [-0.25, -0.2) is 0 Å². The Morgan fingerprint density at radius 1 is 1.11 bits per heavy atom. The van der Waals surface area contributed by atoms with Crippen LogP contribution in [0.5, 0.6) is 5.75 Å². The van der Waals surface area contributed by atoms with Crippen molar-refractivity contribution in [3.05, 3.63) is 89.2 Å². The van der Waals surface area contributed by atoms with Crippen LogP contribution >= 0.6 is 11.6 Å². The molecule has 0 saturated heterocycles. The zero-order valence-corrected chi connectivity index (χ0v) is 15.6. The van der Waals surface area contributed by atoms with Gasteiger partial charge in [0.25, 0.3) is 0 Å². The van der Waals surface area contributed by atoms with E-state index in [-0.39, 0.29) is 5.91 Å². The fourth-order valence-electron chi connectivity index (χ4n) is 2.68. The number of aromatic nitrogens is 1. The summed E-state index contributed by atoms with van der Waals surface area (Å²) < 4.78 is 5.15. The van der Waals surface area contributed by atoms with E-state index in [0.29, 0.717) is 23.0 Å². The number of hydrogen-bond acceptors (Lipinski definition) is 4. The maximum atomic E-state index is 12.9. The number of carbonyl (C=O) groups excluding carboxylic acids is 1. The molecule has 1 atom stereocenters. The molecular formula is C21H20ClN3O2. The van der Waals surface area contributed by atoms with Gasteiger partial charge in [-0.15, -0.1) is 0 Å². The maximum absolute atomic E-state index is 12.9. The molecule has 27 heavy (non-hydrogen) atoms. The molecular weight excluding hydrogens is 362 g/mol. The lowest BCUT2D eigenvalue weighted by atomic mass is 10.1. The third-order valence-corrected chi connectivity index (χ3v) is 4.32. The highest BCUT2D eigenvalue weighted by atomic mass is 35.5. The maximum Gasteiger partial charge on any atom is 0.246 e. The summed E-state index contributed by atoms with van der Waals surface area (Å²) >= 11 is 6.15. The van der Waals surface area contributed by atoms with Crippen LogP contribution in [0.4, 0.5) is 5.69 Å². The first-order valence-corrected chi connectivity index (χ1v) is 8.88. The number of halogens is 1. The lowest BCUT2D eigenvalue weighted by molar-refractivity contribution is -0.118. The molecule has 1 aromatic heterocycles. The van der Waals surface area contributed by atoms with Gasteiger partial charge >= 0.3 is 0 Å². The first-order valence-electron chi connectivity index (χ1n) is 8.50. The van der Waals surface area contributed by atoms with Crippen molar-refractivity contribution in [1.29, 1.82) is 0 Å². The Labute approximate surface area is 163 Å². The number of hydrogen-bond donors (Lipinski definition) is 2. The van der Waals surface area contributed by atoms with Crippen molar-refractivity contribution in [2.45, 2.75) is 12.6 Å². The van der Waals surface area contributed by atoms with E-state index >= 15 is 0 Å². The van der Waals surface area contributed by atoms with Crippen LogP contribution in [-0.4, -0.2) is 18.0 Å². The minimum absolute atomic E-state index is 0.182. The number of rotatable bonds is 7. The molecule has 1 unspecified atom stereocenters. The van der Waals surface area contributed by atoms with E-state index in [9.17, 15) is 4.79 Å². The second-order valence-electron chi connectivity index (χ2n) is 5.88. The number of methoxy groups -OCH3 is 1. The van der Waals surface area contributed by atoms with Crippen LogP contribution in [0.15, 0.2) is 72.9 Å². The second kappa shape index (κ2) is 9.16. The fourth-order valence-corrected chi connectivity index (χ4v) is 2.93. The van der Waals surface area contributed by atoms with Gasteiger partial charge in [0, 0.05) is 18.4 Å². The van der Waals surface area contributed by atoms with Gasteiger partial charge in [-0.3, -0.25) is 15.1 Å². The van der Waals surface area contributed by atoms with Crippen LogP contribution in [0.25, 0.3) is 0 Å². The van der Waals surface area contributed by atoms with Crippen molar-refractivity contribution in [3.8, 4) is 5.75 Å². The van der Waals surface area contributed by atoms with Crippen LogP contribution < -0.4 is 15.4 Å². The molecule has 0 aliphatic rings. The quantitative estimate of drug-likeness (QED) is 0.643. The molecule has 2 aromatic carbocycles. The normalized spacial score (nSPS) is 11.6. The fraction of sp³-hybridized carbons (Fsp3) is 0.143. The summed E-state index contributed by atoms with van der Waals surface area (Å²) in [5.74, 6) is 0.376. The SMILES string of the molecule is COc1ccc(NC(=O)C(NCc2ccccn2)c2ccccc2)cc1Cl. The highest BCUT2D eigenvalue weighted by molar-refractivity contribution is 6.32. The Kier molecular flexibility index (Phi) is 6.41. The first kappa shape index (κ1) is 18.9. The van der Waals surface area contributed by atoms with Crippen molar-refractivity contribution >= 4 is 23.2 Å². The molecule has 3 rings (SSSR count). The standard InChI is InChI=1S/C21H20ClN3O2/c1-27-19-11-10-16(13-18(19)22)25-21(26)20(15-7-3-2-4-8-15)24-14-17-9-5-6-12-23-17/h2-13,20,24H,14H2,1H3,(H,25,26). The first-order chi connectivity index (χ1) is 13.2.